The van der Waals surface area contributed by atoms with E-state index >= 15 is 0 Å². The Kier molecular flexibility index (Phi) is 7.89. The molecule has 2 heterocycles. The molecule has 2 aliphatic rings. The van der Waals surface area contributed by atoms with Gasteiger partial charge in [-0.2, -0.15) is 5.06 Å². The Bertz CT molecular complexity index is 950. The average Bonchev–Trinajstić information content (AvgIpc) is 3.32. The third-order valence-electron chi connectivity index (χ3n) is 6.32. The van der Waals surface area contributed by atoms with Crippen LogP contribution in [0.3, 0.4) is 0 Å². The summed E-state index contributed by atoms with van der Waals surface area (Å²) in [6.07, 6.45) is 1.92. The Labute approximate surface area is 193 Å². The lowest BCUT2D eigenvalue weighted by Crippen LogP contribution is -2.45. The van der Waals surface area contributed by atoms with Gasteiger partial charge in [0.05, 0.1) is 24.2 Å². The summed E-state index contributed by atoms with van der Waals surface area (Å²) in [6, 6.07) is 13.3. The molecule has 33 heavy (non-hydrogen) atoms. The van der Waals surface area contributed by atoms with Crippen LogP contribution < -0.4 is 5.32 Å². The first-order valence-electron chi connectivity index (χ1n) is 11.5. The van der Waals surface area contributed by atoms with Crippen molar-refractivity contribution in [1.29, 1.82) is 0 Å². The van der Waals surface area contributed by atoms with Crippen LogP contribution in [0.4, 0.5) is 11.4 Å². The van der Waals surface area contributed by atoms with Gasteiger partial charge in [0, 0.05) is 44.8 Å². The largest absolute Gasteiger partial charge is 0.395 e. The predicted molar refractivity (Wildman–Crippen MR) is 124 cm³/mol. The number of benzene rings is 2. The van der Waals surface area contributed by atoms with E-state index in [1.165, 1.54) is 0 Å². The fourth-order valence-corrected chi connectivity index (χ4v) is 4.55. The third-order valence-corrected chi connectivity index (χ3v) is 6.32. The standard InChI is InChI=1S/C24H32N4O5/c29-17-21-13-22(30)7-9-26(21)15-19-4-1-3-18(11-19)14-25-23-6-5-20(12-24(23)28(31)32)16-27-8-2-10-33-27/h1,3-6,11-12,21-22,25,29-30H,2,7-10,13-17H2/t21?,22-/m1/s1. The van der Waals surface area contributed by atoms with E-state index < -0.39 is 0 Å². The summed E-state index contributed by atoms with van der Waals surface area (Å²) < 4.78 is 0. The lowest BCUT2D eigenvalue weighted by Gasteiger charge is -2.37. The number of likely N-dealkylation sites (tertiary alicyclic amines) is 1. The van der Waals surface area contributed by atoms with E-state index in [1.807, 2.05) is 29.3 Å². The van der Waals surface area contributed by atoms with Crippen molar-refractivity contribution in [1.82, 2.24) is 9.96 Å². The maximum absolute atomic E-state index is 11.7. The maximum atomic E-state index is 11.7. The second kappa shape index (κ2) is 11.0. The van der Waals surface area contributed by atoms with Crippen molar-refractivity contribution in [3.63, 3.8) is 0 Å². The number of hydrogen-bond acceptors (Lipinski definition) is 8. The number of anilines is 1. The van der Waals surface area contributed by atoms with E-state index in [2.05, 4.69) is 16.3 Å². The minimum atomic E-state index is -0.354. The first-order valence-corrected chi connectivity index (χ1v) is 11.5. The van der Waals surface area contributed by atoms with Crippen LogP contribution in [0.25, 0.3) is 0 Å². The molecule has 0 aromatic heterocycles. The Morgan fingerprint density at radius 3 is 2.70 bits per heavy atom. The summed E-state index contributed by atoms with van der Waals surface area (Å²) in [5.41, 5.74) is 3.53. The zero-order valence-corrected chi connectivity index (χ0v) is 18.7. The number of hydrogen-bond donors (Lipinski definition) is 3. The number of rotatable bonds is 9. The molecule has 2 aromatic carbocycles. The molecule has 1 unspecified atom stereocenters. The van der Waals surface area contributed by atoms with Gasteiger partial charge in [0.1, 0.15) is 5.69 Å². The number of nitrogens with zero attached hydrogens (tertiary/aromatic N) is 3. The van der Waals surface area contributed by atoms with Crippen LogP contribution in [-0.2, 0) is 24.5 Å². The summed E-state index contributed by atoms with van der Waals surface area (Å²) in [5.74, 6) is 0. The molecule has 4 rings (SSSR count). The Morgan fingerprint density at radius 1 is 1.12 bits per heavy atom. The van der Waals surface area contributed by atoms with Crippen LogP contribution in [0.5, 0.6) is 0 Å². The second-order valence-electron chi connectivity index (χ2n) is 8.82. The van der Waals surface area contributed by atoms with Crippen LogP contribution >= 0.6 is 0 Å². The average molecular weight is 457 g/mol. The van der Waals surface area contributed by atoms with Gasteiger partial charge in [-0.15, -0.1) is 0 Å². The molecule has 0 saturated carbocycles. The van der Waals surface area contributed by atoms with Crippen molar-refractivity contribution in [2.45, 2.75) is 51.0 Å². The molecule has 9 heteroatoms. The highest BCUT2D eigenvalue weighted by Gasteiger charge is 2.26. The monoisotopic (exact) mass is 456 g/mol. The van der Waals surface area contributed by atoms with E-state index in [1.54, 1.807) is 12.1 Å². The zero-order chi connectivity index (χ0) is 23.2. The fourth-order valence-electron chi connectivity index (χ4n) is 4.55. The third kappa shape index (κ3) is 6.27. The number of aliphatic hydroxyl groups excluding tert-OH is 2. The molecule has 0 bridgehead atoms. The molecule has 0 amide bonds. The Balaban J connectivity index is 1.40. The van der Waals surface area contributed by atoms with Crippen molar-refractivity contribution >= 4 is 11.4 Å². The van der Waals surface area contributed by atoms with E-state index in [4.69, 9.17) is 4.84 Å². The van der Waals surface area contributed by atoms with Crippen molar-refractivity contribution in [3.05, 3.63) is 69.3 Å². The highest BCUT2D eigenvalue weighted by atomic mass is 16.7. The predicted octanol–water partition coefficient (Wildman–Crippen LogP) is 2.66. The van der Waals surface area contributed by atoms with E-state index in [9.17, 15) is 20.3 Å². The maximum Gasteiger partial charge on any atom is 0.292 e. The summed E-state index contributed by atoms with van der Waals surface area (Å²) in [7, 11) is 0. The number of nitro groups is 1. The first-order chi connectivity index (χ1) is 16.0. The van der Waals surface area contributed by atoms with Crippen molar-refractivity contribution in [2.75, 3.05) is 31.6 Å². The molecule has 0 spiro atoms. The van der Waals surface area contributed by atoms with Gasteiger partial charge in [0.25, 0.3) is 5.69 Å². The smallest absolute Gasteiger partial charge is 0.292 e. The van der Waals surface area contributed by atoms with Crippen LogP contribution in [0.1, 0.15) is 36.0 Å². The van der Waals surface area contributed by atoms with Crippen LogP contribution in [-0.4, -0.2) is 63.5 Å². The lowest BCUT2D eigenvalue weighted by molar-refractivity contribution is -0.384. The quantitative estimate of drug-likeness (QED) is 0.390. The van der Waals surface area contributed by atoms with Gasteiger partial charge in [-0.3, -0.25) is 19.9 Å². The number of nitrogens with one attached hydrogen (secondary N) is 1. The second-order valence-corrected chi connectivity index (χ2v) is 8.82. The van der Waals surface area contributed by atoms with Crippen LogP contribution in [0.2, 0.25) is 0 Å². The summed E-state index contributed by atoms with van der Waals surface area (Å²) in [6.45, 7) is 4.00. The van der Waals surface area contributed by atoms with Crippen molar-refractivity contribution in [3.8, 4) is 0 Å². The van der Waals surface area contributed by atoms with Gasteiger partial charge in [-0.25, -0.2) is 0 Å². The molecular weight excluding hydrogens is 424 g/mol. The van der Waals surface area contributed by atoms with E-state index in [0.717, 1.165) is 36.2 Å². The van der Waals surface area contributed by atoms with Crippen LogP contribution in [0.15, 0.2) is 42.5 Å². The fraction of sp³-hybridized carbons (Fsp3) is 0.500. The summed E-state index contributed by atoms with van der Waals surface area (Å²) in [4.78, 5) is 19.0. The van der Waals surface area contributed by atoms with Gasteiger partial charge < -0.3 is 15.5 Å². The number of nitro benzene ring substituents is 1. The molecule has 2 aromatic rings. The SMILES string of the molecule is O=[N+]([O-])c1cc(CN2CCCO2)ccc1NCc1cccc(CN2CC[C@@H](O)CC2CO)c1. The molecule has 2 fully saturated rings. The summed E-state index contributed by atoms with van der Waals surface area (Å²) >= 11 is 0. The number of hydroxylamine groups is 2. The molecule has 2 aliphatic heterocycles. The molecule has 3 N–H and O–H groups in total. The molecule has 0 radical (unpaired) electrons. The number of piperidine rings is 1. The van der Waals surface area contributed by atoms with Crippen molar-refractivity contribution in [2.24, 2.45) is 0 Å². The van der Waals surface area contributed by atoms with Gasteiger partial charge in [-0.1, -0.05) is 30.3 Å². The van der Waals surface area contributed by atoms with Crippen LogP contribution in [0, 0.1) is 10.1 Å². The first kappa shape index (κ1) is 23.6. The molecule has 2 atom stereocenters. The molecular formula is C24H32N4O5. The van der Waals surface area contributed by atoms with Gasteiger partial charge >= 0.3 is 0 Å². The molecule has 2 saturated heterocycles. The van der Waals surface area contributed by atoms with E-state index in [-0.39, 0.29) is 29.4 Å². The molecule has 178 valence electrons. The van der Waals surface area contributed by atoms with Crippen molar-refractivity contribution < 1.29 is 20.0 Å². The van der Waals surface area contributed by atoms with Gasteiger partial charge in [0.2, 0.25) is 0 Å². The zero-order valence-electron chi connectivity index (χ0n) is 18.7. The summed E-state index contributed by atoms with van der Waals surface area (Å²) in [5, 5.41) is 36.2. The van der Waals surface area contributed by atoms with Gasteiger partial charge in [0.15, 0.2) is 0 Å². The highest BCUT2D eigenvalue weighted by molar-refractivity contribution is 5.62. The topological polar surface area (TPSA) is 111 Å². The highest BCUT2D eigenvalue weighted by Crippen LogP contribution is 2.27. The van der Waals surface area contributed by atoms with E-state index in [0.29, 0.717) is 44.8 Å². The number of aliphatic hydroxyl groups is 2. The Hall–Kier alpha value is -2.56. The minimum absolute atomic E-state index is 0.0296. The minimum Gasteiger partial charge on any atom is -0.395 e. The lowest BCUT2D eigenvalue weighted by atomic mass is 9.99. The van der Waals surface area contributed by atoms with Gasteiger partial charge in [-0.05, 0) is 42.0 Å². The Morgan fingerprint density at radius 2 is 1.94 bits per heavy atom. The molecule has 9 nitrogen and oxygen atoms in total. The molecule has 0 aliphatic carbocycles. The normalized spacial score (nSPS) is 21.9.